The minimum Gasteiger partial charge on any atom is -0.347 e. The standard InChI is InChI=1S/C20H17N5OS/c21-13-16(12-15-8-5-7-14-6-1-2-9-17(14)15)18(26)22-19-23-24-20(27-19)25-10-3-4-11-25/h1-2,5-9,12H,3-4,10-11H2,(H,22,23,26)/b16-12+. The van der Waals surface area contributed by atoms with Crippen LogP contribution in [0.4, 0.5) is 10.3 Å². The van der Waals surface area contributed by atoms with Crippen LogP contribution in [0.15, 0.2) is 48.0 Å². The summed E-state index contributed by atoms with van der Waals surface area (Å²) in [6, 6.07) is 15.7. The van der Waals surface area contributed by atoms with Gasteiger partial charge in [0.15, 0.2) is 0 Å². The van der Waals surface area contributed by atoms with Gasteiger partial charge in [-0.15, -0.1) is 10.2 Å². The number of benzene rings is 2. The van der Waals surface area contributed by atoms with Crippen LogP contribution in [-0.2, 0) is 4.79 Å². The highest BCUT2D eigenvalue weighted by molar-refractivity contribution is 7.19. The van der Waals surface area contributed by atoms with Gasteiger partial charge >= 0.3 is 0 Å². The number of hydrogen-bond donors (Lipinski definition) is 1. The van der Waals surface area contributed by atoms with Gasteiger partial charge in [-0.25, -0.2) is 0 Å². The Balaban J connectivity index is 1.56. The third kappa shape index (κ3) is 3.66. The Kier molecular flexibility index (Phi) is 4.81. The van der Waals surface area contributed by atoms with E-state index in [9.17, 15) is 10.1 Å². The van der Waals surface area contributed by atoms with Crippen LogP contribution in [0.25, 0.3) is 16.8 Å². The summed E-state index contributed by atoms with van der Waals surface area (Å²) in [6.07, 6.45) is 3.90. The normalized spacial score (nSPS) is 14.3. The van der Waals surface area contributed by atoms with Gasteiger partial charge in [-0.1, -0.05) is 53.8 Å². The zero-order valence-corrected chi connectivity index (χ0v) is 15.4. The smallest absolute Gasteiger partial charge is 0.268 e. The fraction of sp³-hybridized carbons (Fsp3) is 0.200. The lowest BCUT2D eigenvalue weighted by atomic mass is 10.0. The molecule has 1 fully saturated rings. The fourth-order valence-corrected chi connectivity index (χ4v) is 3.94. The van der Waals surface area contributed by atoms with Crippen molar-refractivity contribution in [2.45, 2.75) is 12.8 Å². The van der Waals surface area contributed by atoms with Gasteiger partial charge in [0, 0.05) is 13.1 Å². The Bertz CT molecular complexity index is 1050. The second-order valence-electron chi connectivity index (χ2n) is 6.28. The quantitative estimate of drug-likeness (QED) is 0.553. The molecule has 1 aliphatic heterocycles. The molecule has 2 aromatic carbocycles. The Labute approximate surface area is 160 Å². The van der Waals surface area contributed by atoms with Gasteiger partial charge in [0.1, 0.15) is 11.6 Å². The van der Waals surface area contributed by atoms with Gasteiger partial charge in [-0.2, -0.15) is 5.26 Å². The van der Waals surface area contributed by atoms with Crippen LogP contribution < -0.4 is 10.2 Å². The molecular weight excluding hydrogens is 358 g/mol. The molecule has 1 N–H and O–H groups in total. The first-order valence-electron chi connectivity index (χ1n) is 8.74. The van der Waals surface area contributed by atoms with Crippen molar-refractivity contribution in [1.82, 2.24) is 10.2 Å². The number of aromatic nitrogens is 2. The summed E-state index contributed by atoms with van der Waals surface area (Å²) in [4.78, 5) is 14.7. The molecule has 0 spiro atoms. The van der Waals surface area contributed by atoms with E-state index in [1.54, 1.807) is 6.08 Å². The highest BCUT2D eigenvalue weighted by Crippen LogP contribution is 2.27. The van der Waals surface area contributed by atoms with E-state index in [-0.39, 0.29) is 5.57 Å². The van der Waals surface area contributed by atoms with Gasteiger partial charge in [0.2, 0.25) is 10.3 Å². The Hall–Kier alpha value is -3.24. The van der Waals surface area contributed by atoms with Crippen molar-refractivity contribution >= 4 is 44.4 Å². The summed E-state index contributed by atoms with van der Waals surface area (Å²) in [7, 11) is 0. The summed E-state index contributed by atoms with van der Waals surface area (Å²) >= 11 is 1.33. The van der Waals surface area contributed by atoms with E-state index in [1.165, 1.54) is 11.3 Å². The minimum absolute atomic E-state index is 0.0317. The lowest BCUT2D eigenvalue weighted by molar-refractivity contribution is -0.112. The van der Waals surface area contributed by atoms with E-state index >= 15 is 0 Å². The predicted octanol–water partition coefficient (Wildman–Crippen LogP) is 3.84. The predicted molar refractivity (Wildman–Crippen MR) is 108 cm³/mol. The third-order valence-electron chi connectivity index (χ3n) is 4.50. The number of nitrogens with zero attached hydrogens (tertiary/aromatic N) is 4. The number of carbonyl (C=O) groups is 1. The zero-order chi connectivity index (χ0) is 18.6. The number of rotatable bonds is 4. The monoisotopic (exact) mass is 375 g/mol. The molecule has 4 rings (SSSR count). The molecule has 0 unspecified atom stereocenters. The molecule has 2 heterocycles. The molecule has 0 aliphatic carbocycles. The molecule has 0 saturated carbocycles. The number of carbonyl (C=O) groups excluding carboxylic acids is 1. The van der Waals surface area contributed by atoms with Crippen molar-refractivity contribution < 1.29 is 4.79 Å². The second kappa shape index (κ2) is 7.56. The first-order valence-corrected chi connectivity index (χ1v) is 9.55. The van der Waals surface area contributed by atoms with E-state index < -0.39 is 5.91 Å². The first kappa shape index (κ1) is 17.2. The maximum atomic E-state index is 12.5. The summed E-state index contributed by atoms with van der Waals surface area (Å²) in [5.74, 6) is -0.477. The van der Waals surface area contributed by atoms with E-state index in [0.717, 1.165) is 47.4 Å². The van der Waals surface area contributed by atoms with Crippen LogP contribution in [0.2, 0.25) is 0 Å². The zero-order valence-electron chi connectivity index (χ0n) is 14.6. The largest absolute Gasteiger partial charge is 0.347 e. The maximum Gasteiger partial charge on any atom is 0.268 e. The first-order chi connectivity index (χ1) is 13.2. The molecule has 3 aromatic rings. The average molecular weight is 375 g/mol. The van der Waals surface area contributed by atoms with Gasteiger partial charge in [-0.3, -0.25) is 10.1 Å². The van der Waals surface area contributed by atoms with Gasteiger partial charge in [0.25, 0.3) is 5.91 Å². The highest BCUT2D eigenvalue weighted by atomic mass is 32.1. The minimum atomic E-state index is -0.477. The molecule has 1 aromatic heterocycles. The van der Waals surface area contributed by atoms with Crippen LogP contribution in [0.3, 0.4) is 0 Å². The average Bonchev–Trinajstić information content (AvgIpc) is 3.37. The second-order valence-corrected chi connectivity index (χ2v) is 7.23. The number of amides is 1. The number of anilines is 2. The number of hydrogen-bond acceptors (Lipinski definition) is 6. The maximum absolute atomic E-state index is 12.5. The van der Waals surface area contributed by atoms with Crippen LogP contribution in [-0.4, -0.2) is 29.2 Å². The molecule has 7 heteroatoms. The number of fused-ring (bicyclic) bond motifs is 1. The topological polar surface area (TPSA) is 81.9 Å². The highest BCUT2D eigenvalue weighted by Gasteiger charge is 2.18. The summed E-state index contributed by atoms with van der Waals surface area (Å²) in [5.41, 5.74) is 0.860. The van der Waals surface area contributed by atoms with Crippen LogP contribution in [0.1, 0.15) is 18.4 Å². The van der Waals surface area contributed by atoms with Crippen LogP contribution in [0.5, 0.6) is 0 Å². The van der Waals surface area contributed by atoms with Crippen molar-refractivity contribution in [3.8, 4) is 6.07 Å². The lowest BCUT2D eigenvalue weighted by Gasteiger charge is -2.10. The fourth-order valence-electron chi connectivity index (χ4n) is 3.15. The lowest BCUT2D eigenvalue weighted by Crippen LogP contribution is -2.17. The molecule has 0 atom stereocenters. The molecule has 1 amide bonds. The van der Waals surface area contributed by atoms with Crippen molar-refractivity contribution in [1.29, 1.82) is 5.26 Å². The Morgan fingerprint density at radius 1 is 1.15 bits per heavy atom. The van der Waals surface area contributed by atoms with E-state index in [4.69, 9.17) is 0 Å². The van der Waals surface area contributed by atoms with Crippen LogP contribution >= 0.6 is 11.3 Å². The molecule has 134 valence electrons. The van der Waals surface area contributed by atoms with E-state index in [0.29, 0.717) is 5.13 Å². The third-order valence-corrected chi connectivity index (χ3v) is 5.40. The Morgan fingerprint density at radius 2 is 1.93 bits per heavy atom. The molecule has 1 saturated heterocycles. The summed E-state index contributed by atoms with van der Waals surface area (Å²) < 4.78 is 0. The molecule has 0 bridgehead atoms. The van der Waals surface area contributed by atoms with Gasteiger partial charge in [-0.05, 0) is 35.3 Å². The van der Waals surface area contributed by atoms with Crippen molar-refractivity contribution in [2.24, 2.45) is 0 Å². The van der Waals surface area contributed by atoms with E-state index in [2.05, 4.69) is 20.4 Å². The SMILES string of the molecule is N#C/C(=C\c1cccc2ccccc12)C(=O)Nc1nnc(N2CCCC2)s1. The summed E-state index contributed by atoms with van der Waals surface area (Å²) in [6.45, 7) is 1.93. The molecule has 6 nitrogen and oxygen atoms in total. The molecule has 0 radical (unpaired) electrons. The molecular formula is C20H17N5OS. The molecule has 27 heavy (non-hydrogen) atoms. The van der Waals surface area contributed by atoms with E-state index in [1.807, 2.05) is 48.5 Å². The number of nitrogens with one attached hydrogen (secondary N) is 1. The Morgan fingerprint density at radius 3 is 2.74 bits per heavy atom. The summed E-state index contributed by atoms with van der Waals surface area (Å²) in [5, 5.41) is 23.6. The number of nitriles is 1. The van der Waals surface area contributed by atoms with Gasteiger partial charge in [0.05, 0.1) is 0 Å². The van der Waals surface area contributed by atoms with Gasteiger partial charge < -0.3 is 4.90 Å². The molecule has 1 aliphatic rings. The van der Waals surface area contributed by atoms with Crippen LogP contribution in [0, 0.1) is 11.3 Å². The van der Waals surface area contributed by atoms with Crippen molar-refractivity contribution in [3.05, 3.63) is 53.6 Å². The van der Waals surface area contributed by atoms with Crippen molar-refractivity contribution in [2.75, 3.05) is 23.3 Å². The van der Waals surface area contributed by atoms with Crippen molar-refractivity contribution in [3.63, 3.8) is 0 Å².